The van der Waals surface area contributed by atoms with Gasteiger partial charge in [0.15, 0.2) is 0 Å². The number of para-hydroxylation sites is 1. The molecule has 6 rings (SSSR count). The molecule has 2 aromatic carbocycles. The zero-order valence-electron chi connectivity index (χ0n) is 17.7. The Morgan fingerprint density at radius 1 is 1.13 bits per heavy atom. The lowest BCUT2D eigenvalue weighted by molar-refractivity contribution is -0.103. The van der Waals surface area contributed by atoms with Crippen LogP contribution in [0.4, 0.5) is 0 Å². The van der Waals surface area contributed by atoms with Gasteiger partial charge < -0.3 is 19.7 Å². The maximum atomic E-state index is 12.4. The van der Waals surface area contributed by atoms with Crippen molar-refractivity contribution in [2.45, 2.75) is 43.1 Å². The number of aliphatic hydroxyl groups is 1. The van der Waals surface area contributed by atoms with Gasteiger partial charge in [-0.05, 0) is 61.1 Å². The van der Waals surface area contributed by atoms with Gasteiger partial charge in [0, 0.05) is 47.9 Å². The van der Waals surface area contributed by atoms with E-state index < -0.39 is 5.60 Å². The fourth-order valence-corrected chi connectivity index (χ4v) is 6.12. The molecule has 3 aromatic rings. The first kappa shape index (κ1) is 18.5. The Hall–Kier alpha value is -2.30. The van der Waals surface area contributed by atoms with Crippen molar-refractivity contribution in [3.63, 3.8) is 0 Å². The molecule has 0 radical (unpaired) electrons. The Morgan fingerprint density at radius 3 is 2.83 bits per heavy atom. The van der Waals surface area contributed by atoms with E-state index in [1.54, 1.807) is 7.11 Å². The maximum Gasteiger partial charge on any atom is 0.119 e. The number of methoxy groups -OCH3 is 1. The van der Waals surface area contributed by atoms with Crippen LogP contribution in [0.15, 0.2) is 48.5 Å². The Labute approximate surface area is 177 Å². The van der Waals surface area contributed by atoms with Crippen LogP contribution in [0.3, 0.4) is 0 Å². The van der Waals surface area contributed by atoms with Gasteiger partial charge in [-0.2, -0.15) is 0 Å². The number of nitrogens with one attached hydrogen (secondary N) is 1. The minimum absolute atomic E-state index is 0.296. The number of aromatic amines is 1. The molecule has 2 aliphatic carbocycles. The Bertz CT molecular complexity index is 1100. The largest absolute Gasteiger partial charge is 0.497 e. The van der Waals surface area contributed by atoms with E-state index in [9.17, 15) is 5.11 Å². The van der Waals surface area contributed by atoms with Gasteiger partial charge >= 0.3 is 0 Å². The van der Waals surface area contributed by atoms with Crippen LogP contribution in [0.1, 0.15) is 36.1 Å². The smallest absolute Gasteiger partial charge is 0.119 e. The lowest BCUT2D eigenvalue weighted by Gasteiger charge is -2.56. The number of piperidine rings is 1. The zero-order valence-corrected chi connectivity index (χ0v) is 17.7. The molecule has 2 heterocycles. The highest BCUT2D eigenvalue weighted by Crippen LogP contribution is 2.52. The van der Waals surface area contributed by atoms with Crippen LogP contribution >= 0.6 is 0 Å². The molecule has 4 heteroatoms. The highest BCUT2D eigenvalue weighted by molar-refractivity contribution is 5.85. The molecule has 0 bridgehead atoms. The first-order chi connectivity index (χ1) is 14.6. The molecule has 1 aliphatic heterocycles. The van der Waals surface area contributed by atoms with Crippen molar-refractivity contribution in [2.75, 3.05) is 26.7 Å². The number of rotatable bonds is 4. The summed E-state index contributed by atoms with van der Waals surface area (Å²) in [4.78, 5) is 6.21. The first-order valence-electron chi connectivity index (χ1n) is 11.3. The Balaban J connectivity index is 1.49. The summed E-state index contributed by atoms with van der Waals surface area (Å²) in [5, 5.41) is 13.7. The molecule has 1 saturated heterocycles. The third kappa shape index (κ3) is 2.74. The number of hydrogen-bond donors (Lipinski definition) is 2. The molecule has 4 nitrogen and oxygen atoms in total. The number of ether oxygens (including phenoxy) is 1. The molecule has 2 N–H and O–H groups in total. The predicted octanol–water partition coefficient (Wildman–Crippen LogP) is 4.06. The molecule has 1 saturated carbocycles. The van der Waals surface area contributed by atoms with Crippen molar-refractivity contribution < 1.29 is 9.84 Å². The van der Waals surface area contributed by atoms with Crippen molar-refractivity contribution in [1.82, 2.24) is 9.88 Å². The fraction of sp³-hybridized carbons (Fsp3) is 0.462. The van der Waals surface area contributed by atoms with Crippen molar-refractivity contribution in [3.05, 3.63) is 65.4 Å². The van der Waals surface area contributed by atoms with E-state index in [-0.39, 0.29) is 5.41 Å². The van der Waals surface area contributed by atoms with Gasteiger partial charge in [-0.1, -0.05) is 30.3 Å². The Kier molecular flexibility index (Phi) is 4.06. The molecular formula is C26H30N2O2. The van der Waals surface area contributed by atoms with E-state index in [0.717, 1.165) is 44.1 Å². The quantitative estimate of drug-likeness (QED) is 0.692. The lowest BCUT2D eigenvalue weighted by atomic mass is 9.56. The predicted molar refractivity (Wildman–Crippen MR) is 119 cm³/mol. The molecule has 30 heavy (non-hydrogen) atoms. The van der Waals surface area contributed by atoms with E-state index in [1.807, 2.05) is 6.07 Å². The first-order valence-corrected chi connectivity index (χ1v) is 11.3. The Morgan fingerprint density at radius 2 is 2.00 bits per heavy atom. The second-order valence-electron chi connectivity index (χ2n) is 9.76. The number of β-amino-alcohol motifs (C(OH)–C–C–N with tert-alkyl or cyclic N) is 1. The number of aromatic nitrogens is 1. The number of H-pyrrole nitrogens is 1. The minimum Gasteiger partial charge on any atom is -0.497 e. The lowest BCUT2D eigenvalue weighted by Crippen LogP contribution is -2.66. The number of likely N-dealkylation sites (tertiary alicyclic amines) is 1. The second kappa shape index (κ2) is 6.60. The third-order valence-electron chi connectivity index (χ3n) is 7.92. The highest BCUT2D eigenvalue weighted by atomic mass is 16.5. The number of fused-ring (bicyclic) bond motifs is 4. The van der Waals surface area contributed by atoms with Crippen LogP contribution in [0.5, 0.6) is 5.75 Å². The number of hydrogen-bond acceptors (Lipinski definition) is 3. The van der Waals surface area contributed by atoms with Crippen LogP contribution in [0.25, 0.3) is 10.9 Å². The SMILES string of the molecule is COc1cccc([C@@]23CCN(CC4CC4)C[C@@]2(O)Cc2c([nH]c4ccccc24)C3)c1. The standard InChI is InChI=1S/C26H30N2O2/c1-30-20-6-4-5-19(13-20)25-11-12-28(16-18-9-10-18)17-26(25,29)14-22-21-7-2-3-8-23(21)27-24(22)15-25/h2-8,13,18,27,29H,9-12,14-17H2,1H3/t25-,26-/m0/s1. The zero-order chi connectivity index (χ0) is 20.3. The molecule has 2 fully saturated rings. The van der Waals surface area contributed by atoms with Crippen molar-refractivity contribution in [2.24, 2.45) is 5.92 Å². The molecule has 2 atom stereocenters. The minimum atomic E-state index is -0.787. The fourth-order valence-electron chi connectivity index (χ4n) is 6.12. The van der Waals surface area contributed by atoms with Gasteiger partial charge in [-0.25, -0.2) is 0 Å². The summed E-state index contributed by atoms with van der Waals surface area (Å²) in [6.45, 7) is 2.93. The summed E-state index contributed by atoms with van der Waals surface area (Å²) >= 11 is 0. The molecule has 1 aromatic heterocycles. The molecule has 0 amide bonds. The summed E-state index contributed by atoms with van der Waals surface area (Å²) in [5.74, 6) is 1.71. The van der Waals surface area contributed by atoms with Crippen LogP contribution in [0.2, 0.25) is 0 Å². The average molecular weight is 403 g/mol. The van der Waals surface area contributed by atoms with E-state index in [4.69, 9.17) is 4.74 Å². The van der Waals surface area contributed by atoms with E-state index in [2.05, 4.69) is 52.3 Å². The van der Waals surface area contributed by atoms with E-state index in [0.29, 0.717) is 6.42 Å². The average Bonchev–Trinajstić information content (AvgIpc) is 3.51. The van der Waals surface area contributed by atoms with Gasteiger partial charge in [-0.3, -0.25) is 0 Å². The van der Waals surface area contributed by atoms with Crippen LogP contribution < -0.4 is 4.74 Å². The highest BCUT2D eigenvalue weighted by Gasteiger charge is 2.57. The van der Waals surface area contributed by atoms with Gasteiger partial charge in [0.25, 0.3) is 0 Å². The van der Waals surface area contributed by atoms with Crippen LogP contribution in [0, 0.1) is 5.92 Å². The van der Waals surface area contributed by atoms with Crippen molar-refractivity contribution in [3.8, 4) is 5.75 Å². The van der Waals surface area contributed by atoms with Gasteiger partial charge in [0.2, 0.25) is 0 Å². The van der Waals surface area contributed by atoms with Crippen LogP contribution in [-0.4, -0.2) is 47.3 Å². The van der Waals surface area contributed by atoms with Crippen molar-refractivity contribution in [1.29, 1.82) is 0 Å². The van der Waals surface area contributed by atoms with Gasteiger partial charge in [0.05, 0.1) is 12.7 Å². The number of nitrogens with zero attached hydrogens (tertiary/aromatic N) is 1. The maximum absolute atomic E-state index is 12.4. The molecular weight excluding hydrogens is 372 g/mol. The normalized spacial score (nSPS) is 28.9. The van der Waals surface area contributed by atoms with Crippen molar-refractivity contribution >= 4 is 10.9 Å². The van der Waals surface area contributed by atoms with Gasteiger partial charge in [-0.15, -0.1) is 0 Å². The van der Waals surface area contributed by atoms with Crippen LogP contribution in [-0.2, 0) is 18.3 Å². The second-order valence-corrected chi connectivity index (χ2v) is 9.76. The monoisotopic (exact) mass is 402 g/mol. The number of benzene rings is 2. The molecule has 3 aliphatic rings. The molecule has 156 valence electrons. The summed E-state index contributed by atoms with van der Waals surface area (Å²) in [7, 11) is 1.72. The molecule has 0 spiro atoms. The summed E-state index contributed by atoms with van der Waals surface area (Å²) in [6, 6.07) is 16.9. The topological polar surface area (TPSA) is 48.5 Å². The third-order valence-corrected chi connectivity index (χ3v) is 7.92. The molecule has 0 unspecified atom stereocenters. The summed E-state index contributed by atoms with van der Waals surface area (Å²) in [5.41, 5.74) is 3.90. The van der Waals surface area contributed by atoms with E-state index in [1.165, 1.54) is 40.6 Å². The van der Waals surface area contributed by atoms with E-state index >= 15 is 0 Å². The van der Waals surface area contributed by atoms with Gasteiger partial charge in [0.1, 0.15) is 5.75 Å². The summed E-state index contributed by atoms with van der Waals surface area (Å²) in [6.07, 6.45) is 5.21. The summed E-state index contributed by atoms with van der Waals surface area (Å²) < 4.78 is 5.55.